The molecule has 0 amide bonds. The number of carbonyl (C=O) groups is 2. The maximum Gasteiger partial charge on any atom is 0.363 e. The van der Waals surface area contributed by atoms with Gasteiger partial charge in [0.25, 0.3) is 5.69 Å². The summed E-state index contributed by atoms with van der Waals surface area (Å²) in [7, 11) is 0. The van der Waals surface area contributed by atoms with E-state index in [-0.39, 0.29) is 46.0 Å². The molecule has 0 aliphatic carbocycles. The number of carbonyl (C=O) groups excluding carboxylic acids is 2. The van der Waals surface area contributed by atoms with Crippen LogP contribution < -0.4 is 9.47 Å². The first-order valence-corrected chi connectivity index (χ1v) is 11.2. The Kier molecular flexibility index (Phi) is 7.33. The Labute approximate surface area is 214 Å². The molecule has 9 nitrogen and oxygen atoms in total. The van der Waals surface area contributed by atoms with Crippen LogP contribution in [-0.2, 0) is 9.53 Å². The lowest BCUT2D eigenvalue weighted by molar-refractivity contribution is -0.384. The van der Waals surface area contributed by atoms with E-state index in [9.17, 15) is 19.7 Å². The minimum absolute atomic E-state index is 0.0362. The van der Waals surface area contributed by atoms with Gasteiger partial charge in [-0.3, -0.25) is 10.1 Å². The smallest absolute Gasteiger partial charge is 0.363 e. The number of nitro groups is 1. The Morgan fingerprint density at radius 1 is 1.08 bits per heavy atom. The standard InChI is InChI=1S/C25H16Cl2N2O7/c1-2-34-22-12-14(3-10-21(22)35-24(30)15-4-7-17(8-5-15)29(32)33)11-20-25(31)36-23(28-20)18-9-6-16(26)13-19(18)27/h3-13H,2H2,1H3/b20-11+. The maximum absolute atomic E-state index is 12.5. The van der Waals surface area contributed by atoms with E-state index in [1.165, 1.54) is 42.5 Å². The molecule has 1 aliphatic rings. The Balaban J connectivity index is 1.58. The van der Waals surface area contributed by atoms with E-state index in [4.69, 9.17) is 37.4 Å². The minimum Gasteiger partial charge on any atom is -0.490 e. The van der Waals surface area contributed by atoms with Crippen molar-refractivity contribution in [1.29, 1.82) is 0 Å². The van der Waals surface area contributed by atoms with Crippen molar-refractivity contribution in [3.05, 3.63) is 103 Å². The normalized spacial score (nSPS) is 13.8. The van der Waals surface area contributed by atoms with Crippen molar-refractivity contribution in [3.63, 3.8) is 0 Å². The quantitative estimate of drug-likeness (QED) is 0.124. The molecule has 0 atom stereocenters. The second-order valence-corrected chi connectivity index (χ2v) is 8.14. The zero-order valence-electron chi connectivity index (χ0n) is 18.6. The zero-order valence-corrected chi connectivity index (χ0v) is 20.1. The molecule has 11 heteroatoms. The Bertz CT molecular complexity index is 1430. The Morgan fingerprint density at radius 2 is 1.83 bits per heavy atom. The molecule has 0 spiro atoms. The van der Waals surface area contributed by atoms with Crippen LogP contribution in [0, 0.1) is 10.1 Å². The van der Waals surface area contributed by atoms with Gasteiger partial charge in [0.1, 0.15) is 0 Å². The van der Waals surface area contributed by atoms with Gasteiger partial charge in [-0.15, -0.1) is 0 Å². The summed E-state index contributed by atoms with van der Waals surface area (Å²) in [5, 5.41) is 11.5. The molecule has 36 heavy (non-hydrogen) atoms. The van der Waals surface area contributed by atoms with Crippen molar-refractivity contribution in [2.45, 2.75) is 6.92 Å². The number of aliphatic imine (C=N–C) groups is 1. The summed E-state index contributed by atoms with van der Waals surface area (Å²) in [5.74, 6) is -0.952. The highest BCUT2D eigenvalue weighted by Gasteiger charge is 2.26. The summed E-state index contributed by atoms with van der Waals surface area (Å²) in [5.41, 5.74) is 0.974. The van der Waals surface area contributed by atoms with Crippen LogP contribution in [0.2, 0.25) is 10.0 Å². The predicted molar refractivity (Wildman–Crippen MR) is 133 cm³/mol. The van der Waals surface area contributed by atoms with Gasteiger partial charge in [0.15, 0.2) is 17.2 Å². The largest absolute Gasteiger partial charge is 0.490 e. The maximum atomic E-state index is 12.5. The second-order valence-electron chi connectivity index (χ2n) is 7.29. The first-order chi connectivity index (χ1) is 17.2. The van der Waals surface area contributed by atoms with Gasteiger partial charge in [0, 0.05) is 17.2 Å². The summed E-state index contributed by atoms with van der Waals surface area (Å²) < 4.78 is 16.3. The van der Waals surface area contributed by atoms with Gasteiger partial charge in [-0.1, -0.05) is 29.3 Å². The van der Waals surface area contributed by atoms with Crippen LogP contribution in [-0.4, -0.2) is 29.4 Å². The van der Waals surface area contributed by atoms with E-state index >= 15 is 0 Å². The third-order valence-electron chi connectivity index (χ3n) is 4.87. The van der Waals surface area contributed by atoms with Crippen LogP contribution >= 0.6 is 23.2 Å². The van der Waals surface area contributed by atoms with Gasteiger partial charge in [-0.05, 0) is 61.0 Å². The van der Waals surface area contributed by atoms with Crippen molar-refractivity contribution in [2.75, 3.05) is 6.61 Å². The third-order valence-corrected chi connectivity index (χ3v) is 5.42. The average Bonchev–Trinajstić information content (AvgIpc) is 3.20. The van der Waals surface area contributed by atoms with Gasteiger partial charge in [-0.2, -0.15) is 0 Å². The highest BCUT2D eigenvalue weighted by atomic mass is 35.5. The topological polar surface area (TPSA) is 117 Å². The molecule has 0 N–H and O–H groups in total. The number of halogens is 2. The molecule has 0 unspecified atom stereocenters. The lowest BCUT2D eigenvalue weighted by Gasteiger charge is -2.11. The molecule has 3 aromatic rings. The summed E-state index contributed by atoms with van der Waals surface area (Å²) in [6.07, 6.45) is 1.49. The van der Waals surface area contributed by atoms with E-state index in [2.05, 4.69) is 4.99 Å². The highest BCUT2D eigenvalue weighted by Crippen LogP contribution is 2.32. The zero-order chi connectivity index (χ0) is 25.8. The van der Waals surface area contributed by atoms with Crippen LogP contribution in [0.25, 0.3) is 6.08 Å². The Hall–Kier alpha value is -4.21. The van der Waals surface area contributed by atoms with Crippen LogP contribution in [0.3, 0.4) is 0 Å². The highest BCUT2D eigenvalue weighted by molar-refractivity contribution is 6.37. The number of benzene rings is 3. The van der Waals surface area contributed by atoms with Crippen molar-refractivity contribution in [2.24, 2.45) is 4.99 Å². The van der Waals surface area contributed by atoms with E-state index in [1.54, 1.807) is 31.2 Å². The third kappa shape index (κ3) is 5.54. The predicted octanol–water partition coefficient (Wildman–Crippen LogP) is 5.86. The molecule has 182 valence electrons. The molecule has 0 aromatic heterocycles. The van der Waals surface area contributed by atoms with Crippen molar-refractivity contribution < 1.29 is 28.7 Å². The number of esters is 2. The number of hydrogen-bond acceptors (Lipinski definition) is 8. The number of hydrogen-bond donors (Lipinski definition) is 0. The van der Waals surface area contributed by atoms with Crippen molar-refractivity contribution >= 4 is 52.8 Å². The molecule has 0 saturated heterocycles. The van der Waals surface area contributed by atoms with Crippen molar-refractivity contribution in [3.8, 4) is 11.5 Å². The average molecular weight is 527 g/mol. The van der Waals surface area contributed by atoms with Gasteiger partial charge < -0.3 is 14.2 Å². The molecule has 0 fully saturated rings. The number of nitro benzene ring substituents is 1. The first-order valence-electron chi connectivity index (χ1n) is 10.5. The molecular weight excluding hydrogens is 511 g/mol. The fourth-order valence-corrected chi connectivity index (χ4v) is 3.68. The first kappa shape index (κ1) is 24.9. The molecule has 1 heterocycles. The monoisotopic (exact) mass is 526 g/mol. The van der Waals surface area contributed by atoms with Gasteiger partial charge in [-0.25, -0.2) is 14.6 Å². The molecule has 0 bridgehead atoms. The van der Waals surface area contributed by atoms with Crippen LogP contribution in [0.1, 0.15) is 28.4 Å². The summed E-state index contributed by atoms with van der Waals surface area (Å²) in [4.78, 5) is 39.4. The molecule has 1 aliphatic heterocycles. The van der Waals surface area contributed by atoms with Gasteiger partial charge in [0.2, 0.25) is 5.90 Å². The summed E-state index contributed by atoms with van der Waals surface area (Å²) in [6.45, 7) is 2.04. The van der Waals surface area contributed by atoms with E-state index in [0.29, 0.717) is 16.1 Å². The Morgan fingerprint density at radius 3 is 2.50 bits per heavy atom. The lowest BCUT2D eigenvalue weighted by atomic mass is 10.1. The molecule has 0 saturated carbocycles. The number of ether oxygens (including phenoxy) is 3. The van der Waals surface area contributed by atoms with Crippen molar-refractivity contribution in [1.82, 2.24) is 0 Å². The fraction of sp³-hybridized carbons (Fsp3) is 0.0800. The lowest BCUT2D eigenvalue weighted by Crippen LogP contribution is -2.10. The van der Waals surface area contributed by atoms with Crippen LogP contribution in [0.15, 0.2) is 71.4 Å². The number of nitrogens with zero attached hydrogens (tertiary/aromatic N) is 2. The summed E-state index contributed by atoms with van der Waals surface area (Å²) in [6, 6.07) is 14.4. The van der Waals surface area contributed by atoms with Crippen LogP contribution in [0.5, 0.6) is 11.5 Å². The molecule has 3 aromatic carbocycles. The SMILES string of the molecule is CCOc1cc(/C=C2/N=C(c3ccc(Cl)cc3Cl)OC2=O)ccc1OC(=O)c1ccc([N+](=O)[O-])cc1. The van der Waals surface area contributed by atoms with E-state index in [0.717, 1.165) is 0 Å². The van der Waals surface area contributed by atoms with Crippen LogP contribution in [0.4, 0.5) is 5.69 Å². The molecule has 0 radical (unpaired) electrons. The van der Waals surface area contributed by atoms with Gasteiger partial charge >= 0.3 is 11.9 Å². The summed E-state index contributed by atoms with van der Waals surface area (Å²) >= 11 is 12.1. The number of non-ortho nitro benzene ring substituents is 1. The molecular formula is C25H16Cl2N2O7. The number of rotatable bonds is 7. The van der Waals surface area contributed by atoms with Gasteiger partial charge in [0.05, 0.1) is 27.7 Å². The minimum atomic E-state index is -0.717. The fourth-order valence-electron chi connectivity index (χ4n) is 3.19. The number of cyclic esters (lactones) is 1. The van der Waals surface area contributed by atoms with E-state index in [1.807, 2.05) is 0 Å². The van der Waals surface area contributed by atoms with E-state index < -0.39 is 16.9 Å². The second kappa shape index (κ2) is 10.6. The molecule has 4 rings (SSSR count).